The van der Waals surface area contributed by atoms with E-state index in [-0.39, 0.29) is 11.5 Å². The molecule has 1 aromatic heterocycles. The van der Waals surface area contributed by atoms with Crippen LogP contribution in [-0.4, -0.2) is 28.5 Å². The monoisotopic (exact) mass is 346 g/mol. The first-order valence-electron chi connectivity index (χ1n) is 9.07. The molecule has 0 saturated carbocycles. The minimum Gasteiger partial charge on any atom is -0.339 e. The molecule has 0 atom stereocenters. The fourth-order valence-corrected chi connectivity index (χ4v) is 3.62. The summed E-state index contributed by atoms with van der Waals surface area (Å²) >= 11 is 0. The molecule has 1 amide bonds. The molecule has 1 saturated heterocycles. The van der Waals surface area contributed by atoms with Crippen molar-refractivity contribution in [3.05, 3.63) is 75.7 Å². The van der Waals surface area contributed by atoms with Crippen molar-refractivity contribution >= 4 is 16.7 Å². The Kier molecular flexibility index (Phi) is 4.11. The SMILES string of the molecule is Cc1ccc(-n2cc(C(=O)N3CCCC3)c3ccccc3c2=O)cc1C. The Morgan fingerprint density at radius 2 is 1.62 bits per heavy atom. The zero-order valence-corrected chi connectivity index (χ0v) is 15.2. The third-order valence-electron chi connectivity index (χ3n) is 5.32. The van der Waals surface area contributed by atoms with Crippen molar-refractivity contribution in [2.24, 2.45) is 0 Å². The quantitative estimate of drug-likeness (QED) is 0.707. The minimum absolute atomic E-state index is 0.0104. The van der Waals surface area contributed by atoms with Gasteiger partial charge in [0.1, 0.15) is 0 Å². The zero-order valence-electron chi connectivity index (χ0n) is 15.2. The van der Waals surface area contributed by atoms with Gasteiger partial charge in [0, 0.05) is 35.7 Å². The Hall–Kier alpha value is -2.88. The normalized spacial score (nSPS) is 14.2. The van der Waals surface area contributed by atoms with Crippen LogP contribution in [0.15, 0.2) is 53.5 Å². The number of nitrogens with zero attached hydrogens (tertiary/aromatic N) is 2. The van der Waals surface area contributed by atoms with Crippen molar-refractivity contribution in [1.82, 2.24) is 9.47 Å². The molecule has 1 aliphatic rings. The van der Waals surface area contributed by atoms with E-state index in [1.165, 1.54) is 5.56 Å². The molecule has 2 aromatic carbocycles. The molecule has 2 heterocycles. The Morgan fingerprint density at radius 1 is 0.923 bits per heavy atom. The molecule has 0 aliphatic carbocycles. The van der Waals surface area contributed by atoms with Crippen molar-refractivity contribution < 1.29 is 4.79 Å². The maximum Gasteiger partial charge on any atom is 0.262 e. The number of benzene rings is 2. The number of rotatable bonds is 2. The van der Waals surface area contributed by atoms with E-state index in [0.717, 1.165) is 42.6 Å². The third kappa shape index (κ3) is 2.71. The Morgan fingerprint density at radius 3 is 2.31 bits per heavy atom. The van der Waals surface area contributed by atoms with Gasteiger partial charge in [0.25, 0.3) is 11.5 Å². The van der Waals surface area contributed by atoms with Crippen LogP contribution < -0.4 is 5.56 Å². The van der Waals surface area contributed by atoms with E-state index in [1.807, 2.05) is 55.1 Å². The summed E-state index contributed by atoms with van der Waals surface area (Å²) in [6, 6.07) is 13.3. The maximum atomic E-state index is 13.1. The number of aryl methyl sites for hydroxylation is 2. The highest BCUT2D eigenvalue weighted by molar-refractivity contribution is 6.06. The molecule has 1 fully saturated rings. The fourth-order valence-electron chi connectivity index (χ4n) is 3.62. The van der Waals surface area contributed by atoms with Crippen LogP contribution >= 0.6 is 0 Å². The number of fused-ring (bicyclic) bond motifs is 1. The number of hydrogen-bond donors (Lipinski definition) is 0. The standard InChI is InChI=1S/C22H22N2O2/c1-15-9-10-17(13-16(15)2)24-14-20(21(25)23-11-5-6-12-23)18-7-3-4-8-19(18)22(24)26/h3-4,7-10,13-14H,5-6,11-12H2,1-2H3. The van der Waals surface area contributed by atoms with Gasteiger partial charge in [0.2, 0.25) is 0 Å². The Balaban J connectivity index is 1.96. The van der Waals surface area contributed by atoms with Crippen molar-refractivity contribution in [2.75, 3.05) is 13.1 Å². The lowest BCUT2D eigenvalue weighted by atomic mass is 10.1. The molecule has 0 radical (unpaired) electrons. The smallest absolute Gasteiger partial charge is 0.262 e. The third-order valence-corrected chi connectivity index (χ3v) is 5.32. The molecular formula is C22H22N2O2. The second-order valence-electron chi connectivity index (χ2n) is 7.03. The molecule has 1 aliphatic heterocycles. The van der Waals surface area contributed by atoms with Crippen LogP contribution in [-0.2, 0) is 0 Å². The van der Waals surface area contributed by atoms with Crippen LogP contribution in [0.2, 0.25) is 0 Å². The van der Waals surface area contributed by atoms with Crippen molar-refractivity contribution in [1.29, 1.82) is 0 Å². The summed E-state index contributed by atoms with van der Waals surface area (Å²) < 4.78 is 1.61. The van der Waals surface area contributed by atoms with E-state index < -0.39 is 0 Å². The summed E-state index contributed by atoms with van der Waals surface area (Å²) in [5.74, 6) is 0.0104. The van der Waals surface area contributed by atoms with Crippen LogP contribution in [0.1, 0.15) is 34.3 Å². The molecule has 26 heavy (non-hydrogen) atoms. The zero-order chi connectivity index (χ0) is 18.3. The van der Waals surface area contributed by atoms with E-state index in [4.69, 9.17) is 0 Å². The predicted octanol–water partition coefficient (Wildman–Crippen LogP) is 3.84. The van der Waals surface area contributed by atoms with Gasteiger partial charge in [0.05, 0.1) is 5.56 Å². The van der Waals surface area contributed by atoms with Gasteiger partial charge in [-0.1, -0.05) is 24.3 Å². The van der Waals surface area contributed by atoms with Gasteiger partial charge in [-0.05, 0) is 56.0 Å². The average Bonchev–Trinajstić information content (AvgIpc) is 3.19. The van der Waals surface area contributed by atoms with Gasteiger partial charge < -0.3 is 4.90 Å². The van der Waals surface area contributed by atoms with E-state index in [1.54, 1.807) is 16.8 Å². The summed E-state index contributed by atoms with van der Waals surface area (Å²) in [5, 5.41) is 1.31. The van der Waals surface area contributed by atoms with Crippen LogP contribution in [0.3, 0.4) is 0 Å². The van der Waals surface area contributed by atoms with Crippen LogP contribution in [0.5, 0.6) is 0 Å². The molecule has 3 aromatic rings. The summed E-state index contributed by atoms with van der Waals surface area (Å²) in [7, 11) is 0. The van der Waals surface area contributed by atoms with Gasteiger partial charge in [-0.15, -0.1) is 0 Å². The molecule has 4 heteroatoms. The van der Waals surface area contributed by atoms with Gasteiger partial charge in [-0.2, -0.15) is 0 Å². The lowest BCUT2D eigenvalue weighted by Gasteiger charge is -2.18. The van der Waals surface area contributed by atoms with E-state index in [9.17, 15) is 9.59 Å². The first kappa shape index (κ1) is 16.6. The topological polar surface area (TPSA) is 42.3 Å². The van der Waals surface area contributed by atoms with E-state index in [2.05, 4.69) is 0 Å². The van der Waals surface area contributed by atoms with E-state index >= 15 is 0 Å². The summed E-state index contributed by atoms with van der Waals surface area (Å²) in [5.41, 5.74) is 3.59. The molecule has 0 unspecified atom stereocenters. The molecule has 0 spiro atoms. The molecule has 4 nitrogen and oxygen atoms in total. The molecule has 4 rings (SSSR count). The Labute approximate surface area is 152 Å². The average molecular weight is 346 g/mol. The van der Waals surface area contributed by atoms with Crippen LogP contribution in [0, 0.1) is 13.8 Å². The fraction of sp³-hybridized carbons (Fsp3) is 0.273. The van der Waals surface area contributed by atoms with Crippen molar-refractivity contribution in [2.45, 2.75) is 26.7 Å². The number of likely N-dealkylation sites (tertiary alicyclic amines) is 1. The lowest BCUT2D eigenvalue weighted by molar-refractivity contribution is 0.0794. The molecular weight excluding hydrogens is 324 g/mol. The summed E-state index contributed by atoms with van der Waals surface area (Å²) in [4.78, 5) is 28.0. The first-order chi connectivity index (χ1) is 12.6. The number of amides is 1. The van der Waals surface area contributed by atoms with Crippen LogP contribution in [0.25, 0.3) is 16.5 Å². The van der Waals surface area contributed by atoms with Crippen LogP contribution in [0.4, 0.5) is 0 Å². The number of pyridine rings is 1. The highest BCUT2D eigenvalue weighted by Crippen LogP contribution is 2.22. The second-order valence-corrected chi connectivity index (χ2v) is 7.03. The Bertz CT molecular complexity index is 1060. The second kappa shape index (κ2) is 6.45. The van der Waals surface area contributed by atoms with E-state index in [0.29, 0.717) is 10.9 Å². The van der Waals surface area contributed by atoms with Gasteiger partial charge in [-0.3, -0.25) is 14.2 Å². The van der Waals surface area contributed by atoms with Crippen molar-refractivity contribution in [3.63, 3.8) is 0 Å². The minimum atomic E-state index is -0.0955. The van der Waals surface area contributed by atoms with Gasteiger partial charge in [-0.25, -0.2) is 0 Å². The maximum absolute atomic E-state index is 13.1. The highest BCUT2D eigenvalue weighted by Gasteiger charge is 2.23. The van der Waals surface area contributed by atoms with Crippen molar-refractivity contribution in [3.8, 4) is 5.69 Å². The summed E-state index contributed by atoms with van der Waals surface area (Å²) in [6.45, 7) is 5.65. The first-order valence-corrected chi connectivity index (χ1v) is 9.07. The lowest BCUT2D eigenvalue weighted by Crippen LogP contribution is -2.30. The number of carbonyl (C=O) groups is 1. The summed E-state index contributed by atoms with van der Waals surface area (Å²) in [6.07, 6.45) is 3.80. The molecule has 0 bridgehead atoms. The van der Waals surface area contributed by atoms with Gasteiger partial charge >= 0.3 is 0 Å². The molecule has 132 valence electrons. The van der Waals surface area contributed by atoms with Gasteiger partial charge in [0.15, 0.2) is 0 Å². The largest absolute Gasteiger partial charge is 0.339 e. The number of aromatic nitrogens is 1. The predicted molar refractivity (Wildman–Crippen MR) is 104 cm³/mol. The molecule has 0 N–H and O–H groups in total. The highest BCUT2D eigenvalue weighted by atomic mass is 16.2. The number of carbonyl (C=O) groups excluding carboxylic acids is 1. The number of hydrogen-bond acceptors (Lipinski definition) is 2.